The monoisotopic (exact) mass is 712 g/mol. The van der Waals surface area contributed by atoms with Crippen molar-refractivity contribution in [3.63, 3.8) is 0 Å². The van der Waals surface area contributed by atoms with Crippen LogP contribution in [0.2, 0.25) is 0 Å². The summed E-state index contributed by atoms with van der Waals surface area (Å²) in [6.45, 7) is 7.11. The van der Waals surface area contributed by atoms with Gasteiger partial charge in [0.05, 0.1) is 33.9 Å². The molecule has 0 radical (unpaired) electrons. The summed E-state index contributed by atoms with van der Waals surface area (Å²) in [6.07, 6.45) is 0.721. The van der Waals surface area contributed by atoms with Gasteiger partial charge in [-0.25, -0.2) is 35.1 Å². The Hall–Kier alpha value is -5.64. The quantitative estimate of drug-likeness (QED) is 0.133. The number of hydrogen-bond donors (Lipinski definition) is 0. The Morgan fingerprint density at radius 2 is 0.577 bits per heavy atom. The minimum Gasteiger partial charge on any atom is -0.304 e. The molecule has 6 aromatic carbocycles. The molecule has 0 aliphatic carbocycles. The van der Waals surface area contributed by atoms with Gasteiger partial charge in [0.1, 0.15) is 11.4 Å². The molecule has 6 aromatic rings. The Balaban J connectivity index is 1.36. The van der Waals surface area contributed by atoms with Crippen LogP contribution in [-0.4, -0.2) is 0 Å². The van der Waals surface area contributed by atoms with Crippen LogP contribution in [0.4, 0.5) is 69.2 Å². The van der Waals surface area contributed by atoms with Crippen LogP contribution >= 0.6 is 0 Å². The van der Waals surface area contributed by atoms with Gasteiger partial charge in [-0.05, 0) is 96.5 Å². The van der Waals surface area contributed by atoms with Crippen molar-refractivity contribution in [3.8, 4) is 11.1 Å². The molecule has 8 rings (SSSR count). The van der Waals surface area contributed by atoms with Crippen molar-refractivity contribution in [2.75, 3.05) is 9.80 Å². The van der Waals surface area contributed by atoms with Gasteiger partial charge in [-0.15, -0.1) is 0 Å². The first kappa shape index (κ1) is 33.5. The Morgan fingerprint density at radius 1 is 0.346 bits per heavy atom. The van der Waals surface area contributed by atoms with Crippen LogP contribution in [0, 0.1) is 74.2 Å². The lowest BCUT2D eigenvalue weighted by Crippen LogP contribution is -2.24. The van der Waals surface area contributed by atoms with E-state index in [0.29, 0.717) is 35.1 Å². The molecule has 0 atom stereocenters. The van der Waals surface area contributed by atoms with E-state index >= 15 is 35.1 Å². The number of rotatable bonds is 3. The van der Waals surface area contributed by atoms with Crippen LogP contribution in [0.25, 0.3) is 11.1 Å². The van der Waals surface area contributed by atoms with Crippen LogP contribution in [0.1, 0.15) is 44.5 Å². The number of nitrogens with zero attached hydrogens (tertiary/aromatic N) is 2. The van der Waals surface area contributed by atoms with E-state index in [1.807, 2.05) is 0 Å². The molecular weight excluding hydrogens is 684 g/mol. The van der Waals surface area contributed by atoms with E-state index in [-0.39, 0.29) is 22.7 Å². The van der Waals surface area contributed by atoms with Gasteiger partial charge in [0.2, 0.25) is 0 Å². The maximum absolute atomic E-state index is 16.3. The zero-order chi connectivity index (χ0) is 36.9. The third-order valence-electron chi connectivity index (χ3n) is 10.4. The highest BCUT2D eigenvalue weighted by molar-refractivity contribution is 5.89. The predicted molar refractivity (Wildman–Crippen MR) is 185 cm³/mol. The average Bonchev–Trinajstić information content (AvgIpc) is 3.12. The maximum atomic E-state index is 16.3. The fourth-order valence-corrected chi connectivity index (χ4v) is 7.67. The van der Waals surface area contributed by atoms with Crippen LogP contribution in [0.15, 0.2) is 72.8 Å². The highest BCUT2D eigenvalue weighted by atomic mass is 19.2. The predicted octanol–water partition coefficient (Wildman–Crippen LogP) is 12.4. The molecule has 262 valence electrons. The topological polar surface area (TPSA) is 6.48 Å². The number of fused-ring (bicyclic) bond motifs is 4. The summed E-state index contributed by atoms with van der Waals surface area (Å²) in [5.74, 6) is -17.0. The molecule has 0 aromatic heterocycles. The van der Waals surface area contributed by atoms with Crippen LogP contribution in [-0.2, 0) is 12.8 Å². The first-order valence-electron chi connectivity index (χ1n) is 16.5. The SMILES string of the molecule is Cc1cccc2c1Cc1c(C)cccc1N2c1c(F)c(F)c(-c2c(F)c(F)c(N3c4cccc(C)c4Cc4c(C)cccc43)c(F)c2F)c(F)c1F. The summed E-state index contributed by atoms with van der Waals surface area (Å²) in [5, 5.41) is 0. The highest BCUT2D eigenvalue weighted by Crippen LogP contribution is 2.52. The van der Waals surface area contributed by atoms with E-state index in [9.17, 15) is 0 Å². The van der Waals surface area contributed by atoms with Crippen molar-refractivity contribution >= 4 is 34.1 Å². The second kappa shape index (κ2) is 12.0. The number of benzene rings is 6. The van der Waals surface area contributed by atoms with E-state index in [1.165, 1.54) is 24.3 Å². The van der Waals surface area contributed by atoms with Crippen molar-refractivity contribution in [1.82, 2.24) is 0 Å². The lowest BCUT2D eigenvalue weighted by atomic mass is 9.89. The van der Waals surface area contributed by atoms with E-state index in [2.05, 4.69) is 0 Å². The molecule has 0 fully saturated rings. The standard InChI is InChI=1S/C42H28F8N2/c1-19-9-5-13-27-23(19)17-24-20(2)10-6-14-28(24)51(27)41-37(47)33(43)31(34(44)38(41)48)32-35(45)39(49)42(40(50)36(32)46)52-29-15-7-11-21(3)25(29)18-26-22(4)12-8-16-30(26)52/h5-16H,17-18H2,1-4H3. The van der Waals surface area contributed by atoms with Gasteiger partial charge in [0, 0.05) is 12.8 Å². The van der Waals surface area contributed by atoms with E-state index < -0.39 is 69.0 Å². The van der Waals surface area contributed by atoms with Gasteiger partial charge in [-0.2, -0.15) is 0 Å². The first-order valence-corrected chi connectivity index (χ1v) is 16.5. The number of halogens is 8. The molecule has 2 aliphatic rings. The van der Waals surface area contributed by atoms with Gasteiger partial charge in [-0.1, -0.05) is 48.5 Å². The fraction of sp³-hybridized carbons (Fsp3) is 0.143. The minimum atomic E-state index is -2.23. The summed E-state index contributed by atoms with van der Waals surface area (Å²) in [5.41, 5.74) is 0.215. The molecule has 2 heterocycles. The van der Waals surface area contributed by atoms with Crippen molar-refractivity contribution in [2.24, 2.45) is 0 Å². The van der Waals surface area contributed by atoms with Gasteiger partial charge in [-0.3, -0.25) is 0 Å². The minimum absolute atomic E-state index is 0.230. The molecule has 2 nitrogen and oxygen atoms in total. The lowest BCUT2D eigenvalue weighted by Gasteiger charge is -2.36. The average molecular weight is 713 g/mol. The highest BCUT2D eigenvalue weighted by Gasteiger charge is 2.40. The first-order chi connectivity index (χ1) is 24.8. The molecule has 0 saturated carbocycles. The Morgan fingerprint density at radius 3 is 0.808 bits per heavy atom. The smallest absolute Gasteiger partial charge is 0.186 e. The van der Waals surface area contributed by atoms with Gasteiger partial charge < -0.3 is 9.80 Å². The summed E-state index contributed by atoms with van der Waals surface area (Å²) >= 11 is 0. The van der Waals surface area contributed by atoms with E-state index in [1.54, 1.807) is 76.2 Å². The number of hydrogen-bond acceptors (Lipinski definition) is 2. The molecule has 2 aliphatic heterocycles. The summed E-state index contributed by atoms with van der Waals surface area (Å²) in [7, 11) is 0. The molecule has 10 heteroatoms. The number of aryl methyl sites for hydroxylation is 4. The van der Waals surface area contributed by atoms with Crippen molar-refractivity contribution < 1.29 is 35.1 Å². The van der Waals surface area contributed by atoms with Crippen molar-refractivity contribution in [2.45, 2.75) is 40.5 Å². The van der Waals surface area contributed by atoms with Gasteiger partial charge >= 0.3 is 0 Å². The molecule has 0 saturated heterocycles. The van der Waals surface area contributed by atoms with Crippen LogP contribution in [0.3, 0.4) is 0 Å². The van der Waals surface area contributed by atoms with Gasteiger partial charge in [0.15, 0.2) is 46.5 Å². The van der Waals surface area contributed by atoms with E-state index in [4.69, 9.17) is 0 Å². The fourth-order valence-electron chi connectivity index (χ4n) is 7.67. The van der Waals surface area contributed by atoms with E-state index in [0.717, 1.165) is 32.1 Å². The Kier molecular flexibility index (Phi) is 7.71. The zero-order valence-corrected chi connectivity index (χ0v) is 28.3. The molecule has 0 amide bonds. The zero-order valence-electron chi connectivity index (χ0n) is 28.3. The molecule has 0 N–H and O–H groups in total. The third kappa shape index (κ3) is 4.62. The molecular formula is C42H28F8N2. The summed E-state index contributed by atoms with van der Waals surface area (Å²) < 4.78 is 130. The second-order valence-corrected chi connectivity index (χ2v) is 13.3. The van der Waals surface area contributed by atoms with Crippen molar-refractivity contribution in [1.29, 1.82) is 0 Å². The Bertz CT molecular complexity index is 2190. The van der Waals surface area contributed by atoms with Crippen LogP contribution in [0.5, 0.6) is 0 Å². The summed E-state index contributed by atoms with van der Waals surface area (Å²) in [4.78, 5) is 2.03. The summed E-state index contributed by atoms with van der Waals surface area (Å²) in [6, 6.07) is 19.7. The molecule has 0 spiro atoms. The molecule has 0 unspecified atom stereocenters. The number of anilines is 6. The van der Waals surface area contributed by atoms with Gasteiger partial charge in [0.25, 0.3) is 0 Å². The third-order valence-corrected chi connectivity index (χ3v) is 10.4. The molecule has 0 bridgehead atoms. The molecule has 52 heavy (non-hydrogen) atoms. The normalized spacial score (nSPS) is 13.2. The Labute approximate surface area is 294 Å². The lowest BCUT2D eigenvalue weighted by molar-refractivity contribution is 0.444. The largest absolute Gasteiger partial charge is 0.304 e. The van der Waals surface area contributed by atoms with Crippen molar-refractivity contribution in [3.05, 3.63) is 164 Å². The second-order valence-electron chi connectivity index (χ2n) is 13.3. The van der Waals surface area contributed by atoms with Crippen LogP contribution < -0.4 is 9.80 Å². The maximum Gasteiger partial charge on any atom is 0.186 e.